The lowest BCUT2D eigenvalue weighted by Gasteiger charge is -2.30. The van der Waals surface area contributed by atoms with Crippen molar-refractivity contribution in [2.75, 3.05) is 7.11 Å². The molecule has 1 aliphatic heterocycles. The summed E-state index contributed by atoms with van der Waals surface area (Å²) in [5.74, 6) is 1.18. The van der Waals surface area contributed by atoms with Gasteiger partial charge in [0.25, 0.3) is 0 Å². The molecule has 0 spiro atoms. The van der Waals surface area contributed by atoms with Crippen molar-refractivity contribution in [1.29, 1.82) is 0 Å². The van der Waals surface area contributed by atoms with Crippen LogP contribution < -0.4 is 14.6 Å². The molecule has 2 aromatic rings. The highest BCUT2D eigenvalue weighted by atomic mass is 79.9. The molecule has 2 aromatic carbocycles. The van der Waals surface area contributed by atoms with Crippen molar-refractivity contribution in [3.63, 3.8) is 0 Å². The smallest absolute Gasteiger partial charge is 0.213 e. The van der Waals surface area contributed by atoms with Gasteiger partial charge in [0.15, 0.2) is 0 Å². The van der Waals surface area contributed by atoms with Crippen molar-refractivity contribution >= 4 is 26.0 Å². The lowest BCUT2D eigenvalue weighted by Crippen LogP contribution is -2.17. The van der Waals surface area contributed by atoms with E-state index in [9.17, 15) is 8.42 Å². The van der Waals surface area contributed by atoms with Gasteiger partial charge in [0.05, 0.1) is 18.4 Å². The number of halogens is 1. The summed E-state index contributed by atoms with van der Waals surface area (Å²) in [7, 11) is -2.00. The Morgan fingerprint density at radius 3 is 2.76 bits per heavy atom. The monoisotopic (exact) mass is 423 g/mol. The van der Waals surface area contributed by atoms with Crippen molar-refractivity contribution in [2.45, 2.75) is 18.3 Å². The molecule has 5 nitrogen and oxygen atoms in total. The first-order valence-corrected chi connectivity index (χ1v) is 10.1. The van der Waals surface area contributed by atoms with Gasteiger partial charge in [-0.25, -0.2) is 13.6 Å². The highest BCUT2D eigenvalue weighted by Gasteiger charge is 2.29. The van der Waals surface area contributed by atoms with Gasteiger partial charge in [-0.05, 0) is 23.3 Å². The second-order valence-electron chi connectivity index (χ2n) is 5.84. The van der Waals surface area contributed by atoms with Gasteiger partial charge >= 0.3 is 0 Å². The number of methoxy groups -OCH3 is 1. The summed E-state index contributed by atoms with van der Waals surface area (Å²) in [4.78, 5) is 0. The number of fused-ring (bicyclic) bond motifs is 3. The normalized spacial score (nSPS) is 15.7. The van der Waals surface area contributed by atoms with Crippen LogP contribution in [0.4, 0.5) is 0 Å². The third-order valence-corrected chi connectivity index (χ3v) is 5.19. The van der Waals surface area contributed by atoms with E-state index in [4.69, 9.17) is 14.6 Å². The van der Waals surface area contributed by atoms with Gasteiger partial charge in [-0.15, -0.1) is 6.58 Å². The predicted molar refractivity (Wildman–Crippen MR) is 101 cm³/mol. The predicted octanol–water partition coefficient (Wildman–Crippen LogP) is 3.92. The molecule has 0 bridgehead atoms. The first kappa shape index (κ1) is 18.0. The van der Waals surface area contributed by atoms with Crippen LogP contribution in [0.3, 0.4) is 0 Å². The van der Waals surface area contributed by atoms with E-state index in [0.29, 0.717) is 23.5 Å². The molecule has 25 heavy (non-hydrogen) atoms. The van der Waals surface area contributed by atoms with Crippen molar-refractivity contribution in [2.24, 2.45) is 5.14 Å². The fourth-order valence-corrected chi connectivity index (χ4v) is 4.11. The maximum Gasteiger partial charge on any atom is 0.213 e. The van der Waals surface area contributed by atoms with Gasteiger partial charge in [-0.2, -0.15) is 0 Å². The SMILES string of the molecule is C=CCC1Oc2cc(Br)cc(OC)c2-c2ccc(CS(N)(=O)=O)cc21. The topological polar surface area (TPSA) is 78.6 Å². The minimum absolute atomic E-state index is 0.217. The standard InChI is InChI=1S/C18H18BrNO4S/c1-3-4-15-14-7-11(10-25(20,21)22)5-6-13(14)18-16(23-2)8-12(19)9-17(18)24-15/h3,5-9,15H,1,4,10H2,2H3,(H2,20,21,22). The molecule has 1 atom stereocenters. The fraction of sp³-hybridized carbons (Fsp3) is 0.222. The highest BCUT2D eigenvalue weighted by Crippen LogP contribution is 2.49. The van der Waals surface area contributed by atoms with Crippen LogP contribution in [0.25, 0.3) is 11.1 Å². The average molecular weight is 424 g/mol. The molecule has 0 fully saturated rings. The Morgan fingerprint density at radius 1 is 1.36 bits per heavy atom. The van der Waals surface area contributed by atoms with Gasteiger partial charge in [-0.3, -0.25) is 0 Å². The van der Waals surface area contributed by atoms with Gasteiger partial charge in [0.1, 0.15) is 17.6 Å². The summed E-state index contributed by atoms with van der Waals surface area (Å²) in [6.45, 7) is 3.79. The van der Waals surface area contributed by atoms with Crippen molar-refractivity contribution in [1.82, 2.24) is 0 Å². The Hall–Kier alpha value is -1.83. The van der Waals surface area contributed by atoms with Gasteiger partial charge in [-0.1, -0.05) is 40.2 Å². The fourth-order valence-electron chi connectivity index (χ4n) is 3.05. The minimum atomic E-state index is -3.60. The molecule has 0 radical (unpaired) electrons. The summed E-state index contributed by atoms with van der Waals surface area (Å²) in [5.41, 5.74) is 3.33. The Kier molecular flexibility index (Phi) is 4.90. The number of rotatable bonds is 5. The molecule has 1 aliphatic rings. The van der Waals surface area contributed by atoms with E-state index in [1.54, 1.807) is 19.3 Å². The molecule has 0 amide bonds. The molecular formula is C18H18BrNO4S. The highest BCUT2D eigenvalue weighted by molar-refractivity contribution is 9.10. The Morgan fingerprint density at radius 2 is 2.12 bits per heavy atom. The zero-order valence-electron chi connectivity index (χ0n) is 13.7. The molecule has 2 N–H and O–H groups in total. The lowest BCUT2D eigenvalue weighted by molar-refractivity contribution is 0.204. The van der Waals surface area contributed by atoms with Crippen LogP contribution in [-0.4, -0.2) is 15.5 Å². The van der Waals surface area contributed by atoms with Gasteiger partial charge < -0.3 is 9.47 Å². The average Bonchev–Trinajstić information content (AvgIpc) is 2.52. The maximum absolute atomic E-state index is 11.4. The van der Waals surface area contributed by atoms with E-state index in [2.05, 4.69) is 22.5 Å². The van der Waals surface area contributed by atoms with Crippen molar-refractivity contribution in [3.05, 3.63) is 58.6 Å². The summed E-state index contributed by atoms with van der Waals surface area (Å²) in [5, 5.41) is 5.18. The van der Waals surface area contributed by atoms with Crippen LogP contribution in [0.1, 0.15) is 23.7 Å². The van der Waals surface area contributed by atoms with E-state index < -0.39 is 10.0 Å². The Labute approximate surface area is 155 Å². The van der Waals surface area contributed by atoms with E-state index >= 15 is 0 Å². The molecule has 0 saturated carbocycles. The maximum atomic E-state index is 11.4. The number of ether oxygens (including phenoxy) is 2. The van der Waals surface area contributed by atoms with Crippen molar-refractivity contribution < 1.29 is 17.9 Å². The number of hydrogen-bond donors (Lipinski definition) is 1. The lowest BCUT2D eigenvalue weighted by atomic mass is 9.89. The summed E-state index contributed by atoms with van der Waals surface area (Å²) >= 11 is 3.46. The van der Waals surface area contributed by atoms with E-state index in [1.807, 2.05) is 24.3 Å². The number of benzene rings is 2. The molecule has 0 saturated heterocycles. The van der Waals surface area contributed by atoms with Crippen LogP contribution in [0, 0.1) is 0 Å². The molecule has 1 heterocycles. The van der Waals surface area contributed by atoms with E-state index in [1.165, 1.54) is 0 Å². The number of nitrogens with two attached hydrogens (primary N) is 1. The van der Waals surface area contributed by atoms with Crippen LogP contribution in [-0.2, 0) is 15.8 Å². The van der Waals surface area contributed by atoms with Gasteiger partial charge in [0, 0.05) is 16.5 Å². The van der Waals surface area contributed by atoms with Crippen LogP contribution in [0.2, 0.25) is 0 Å². The first-order chi connectivity index (χ1) is 11.8. The largest absolute Gasteiger partial charge is 0.496 e. The second kappa shape index (κ2) is 6.82. The zero-order valence-corrected chi connectivity index (χ0v) is 16.1. The quantitative estimate of drug-likeness (QED) is 0.738. The summed E-state index contributed by atoms with van der Waals surface area (Å²) in [6.07, 6.45) is 2.13. The molecule has 0 aromatic heterocycles. The third kappa shape index (κ3) is 3.73. The van der Waals surface area contributed by atoms with Gasteiger partial charge in [0.2, 0.25) is 10.0 Å². The Balaban J connectivity index is 2.20. The molecule has 132 valence electrons. The van der Waals surface area contributed by atoms with E-state index in [-0.39, 0.29) is 11.9 Å². The van der Waals surface area contributed by atoms with E-state index in [0.717, 1.165) is 21.2 Å². The molecule has 7 heteroatoms. The zero-order chi connectivity index (χ0) is 18.2. The molecule has 1 unspecified atom stereocenters. The summed E-state index contributed by atoms with van der Waals surface area (Å²) in [6, 6.07) is 9.26. The third-order valence-electron chi connectivity index (χ3n) is 4.00. The first-order valence-electron chi connectivity index (χ1n) is 7.61. The molecular weight excluding hydrogens is 406 g/mol. The molecule has 3 rings (SSSR count). The van der Waals surface area contributed by atoms with Crippen LogP contribution >= 0.6 is 15.9 Å². The number of hydrogen-bond acceptors (Lipinski definition) is 4. The molecule has 0 aliphatic carbocycles. The summed E-state index contributed by atoms with van der Waals surface area (Å²) < 4.78 is 35.3. The van der Waals surface area contributed by atoms with Crippen LogP contribution in [0.15, 0.2) is 47.5 Å². The minimum Gasteiger partial charge on any atom is -0.496 e. The number of primary sulfonamides is 1. The number of sulfonamides is 1. The Bertz CT molecular complexity index is 940. The van der Waals surface area contributed by atoms with Crippen LogP contribution in [0.5, 0.6) is 11.5 Å². The second-order valence-corrected chi connectivity index (χ2v) is 8.37. The van der Waals surface area contributed by atoms with Crippen molar-refractivity contribution in [3.8, 4) is 22.6 Å².